The molecule has 1 N–H and O–H groups in total. The molecule has 0 aromatic heterocycles. The molecule has 0 saturated heterocycles. The summed E-state index contributed by atoms with van der Waals surface area (Å²) in [7, 11) is 1.46. The van der Waals surface area contributed by atoms with E-state index < -0.39 is 5.82 Å². The first-order chi connectivity index (χ1) is 8.22. The van der Waals surface area contributed by atoms with Crippen molar-refractivity contribution in [2.24, 2.45) is 0 Å². The highest BCUT2D eigenvalue weighted by Crippen LogP contribution is 2.33. The minimum absolute atomic E-state index is 0.00199. The summed E-state index contributed by atoms with van der Waals surface area (Å²) >= 11 is 0. The van der Waals surface area contributed by atoms with Gasteiger partial charge in [0.2, 0.25) is 5.91 Å². The van der Waals surface area contributed by atoms with Gasteiger partial charge in [0.1, 0.15) is 6.61 Å². The lowest BCUT2D eigenvalue weighted by molar-refractivity contribution is -0.125. The normalized spacial score (nSPS) is 18.1. The van der Waals surface area contributed by atoms with Crippen molar-refractivity contribution in [3.8, 4) is 5.75 Å². The lowest BCUT2D eigenvalue weighted by Crippen LogP contribution is -2.34. The van der Waals surface area contributed by atoms with Crippen molar-refractivity contribution < 1.29 is 18.7 Å². The topological polar surface area (TPSA) is 47.6 Å². The molecular formula is C12H14FNO3. The average Bonchev–Trinajstić information content (AvgIpc) is 2.31. The zero-order chi connectivity index (χ0) is 12.3. The van der Waals surface area contributed by atoms with E-state index in [0.29, 0.717) is 18.6 Å². The highest BCUT2D eigenvalue weighted by molar-refractivity contribution is 5.77. The van der Waals surface area contributed by atoms with Crippen molar-refractivity contribution in [1.82, 2.24) is 5.32 Å². The van der Waals surface area contributed by atoms with Crippen LogP contribution in [0.2, 0.25) is 0 Å². The number of halogens is 1. The highest BCUT2D eigenvalue weighted by Gasteiger charge is 2.24. The molecule has 0 saturated carbocycles. The van der Waals surface area contributed by atoms with E-state index in [2.05, 4.69) is 5.32 Å². The number of benzene rings is 1. The van der Waals surface area contributed by atoms with E-state index in [1.165, 1.54) is 13.2 Å². The Kier molecular flexibility index (Phi) is 3.58. The highest BCUT2D eigenvalue weighted by atomic mass is 19.1. The molecule has 0 spiro atoms. The van der Waals surface area contributed by atoms with Gasteiger partial charge in [-0.15, -0.1) is 0 Å². The SMILES string of the molecule is COCC(=O)N[C@@H]1CCOc2c(F)cccc21. The summed E-state index contributed by atoms with van der Waals surface area (Å²) < 4.78 is 23.5. The third-order valence-corrected chi connectivity index (χ3v) is 2.64. The first-order valence-corrected chi connectivity index (χ1v) is 5.42. The molecule has 2 rings (SSSR count). The van der Waals surface area contributed by atoms with Gasteiger partial charge in [-0.3, -0.25) is 4.79 Å². The number of amides is 1. The largest absolute Gasteiger partial charge is 0.490 e. The third-order valence-electron chi connectivity index (χ3n) is 2.64. The number of rotatable bonds is 3. The van der Waals surface area contributed by atoms with Gasteiger partial charge in [-0.05, 0) is 6.07 Å². The molecule has 0 radical (unpaired) electrons. The maximum atomic E-state index is 13.5. The molecular weight excluding hydrogens is 225 g/mol. The Labute approximate surface area is 98.7 Å². The van der Waals surface area contributed by atoms with Crippen LogP contribution in [0.25, 0.3) is 0 Å². The fraction of sp³-hybridized carbons (Fsp3) is 0.417. The molecule has 1 atom stereocenters. The van der Waals surface area contributed by atoms with Crippen LogP contribution in [0.3, 0.4) is 0 Å². The smallest absolute Gasteiger partial charge is 0.246 e. The molecule has 92 valence electrons. The van der Waals surface area contributed by atoms with E-state index in [0.717, 1.165) is 0 Å². The molecule has 0 unspecified atom stereocenters. The maximum absolute atomic E-state index is 13.5. The lowest BCUT2D eigenvalue weighted by Gasteiger charge is -2.26. The third kappa shape index (κ3) is 2.55. The van der Waals surface area contributed by atoms with Gasteiger partial charge in [0.25, 0.3) is 0 Å². The van der Waals surface area contributed by atoms with Crippen molar-refractivity contribution in [3.63, 3.8) is 0 Å². The molecule has 0 aliphatic carbocycles. The molecule has 1 heterocycles. The van der Waals surface area contributed by atoms with Crippen LogP contribution in [0.15, 0.2) is 18.2 Å². The Bertz CT molecular complexity index is 422. The quantitative estimate of drug-likeness (QED) is 0.867. The molecule has 1 aliphatic rings. The van der Waals surface area contributed by atoms with Crippen LogP contribution in [0.1, 0.15) is 18.0 Å². The van der Waals surface area contributed by atoms with Gasteiger partial charge in [-0.1, -0.05) is 12.1 Å². The molecule has 0 fully saturated rings. The monoisotopic (exact) mass is 239 g/mol. The standard InChI is InChI=1S/C12H14FNO3/c1-16-7-11(15)14-10-5-6-17-12-8(10)3-2-4-9(12)13/h2-4,10H,5-7H2,1H3,(H,14,15)/t10-/m1/s1. The van der Waals surface area contributed by atoms with Crippen molar-refractivity contribution in [3.05, 3.63) is 29.6 Å². The molecule has 17 heavy (non-hydrogen) atoms. The van der Waals surface area contributed by atoms with E-state index >= 15 is 0 Å². The van der Waals surface area contributed by atoms with E-state index in [1.807, 2.05) is 0 Å². The fourth-order valence-corrected chi connectivity index (χ4v) is 1.90. The fourth-order valence-electron chi connectivity index (χ4n) is 1.90. The molecule has 4 nitrogen and oxygen atoms in total. The second-order valence-electron chi connectivity index (χ2n) is 3.85. The second-order valence-corrected chi connectivity index (χ2v) is 3.85. The first-order valence-electron chi connectivity index (χ1n) is 5.42. The summed E-state index contributed by atoms with van der Waals surface area (Å²) in [5, 5.41) is 2.79. The molecule has 1 aromatic carbocycles. The Balaban J connectivity index is 2.17. The van der Waals surface area contributed by atoms with Crippen LogP contribution < -0.4 is 10.1 Å². The summed E-state index contributed by atoms with van der Waals surface area (Å²) in [6.45, 7) is 0.397. The number of fused-ring (bicyclic) bond motifs is 1. The number of carbonyl (C=O) groups excluding carboxylic acids is 1. The molecule has 1 amide bonds. The van der Waals surface area contributed by atoms with Crippen molar-refractivity contribution in [2.75, 3.05) is 20.3 Å². The van der Waals surface area contributed by atoms with Gasteiger partial charge in [0.15, 0.2) is 11.6 Å². The number of para-hydroxylation sites is 1. The van der Waals surface area contributed by atoms with E-state index in [9.17, 15) is 9.18 Å². The molecule has 5 heteroatoms. The van der Waals surface area contributed by atoms with Gasteiger partial charge >= 0.3 is 0 Å². The Morgan fingerprint density at radius 3 is 3.24 bits per heavy atom. The molecule has 0 bridgehead atoms. The van der Waals surface area contributed by atoms with Crippen molar-refractivity contribution in [1.29, 1.82) is 0 Å². The Hall–Kier alpha value is -1.62. The van der Waals surface area contributed by atoms with Crippen LogP contribution in [-0.4, -0.2) is 26.2 Å². The summed E-state index contributed by atoms with van der Waals surface area (Å²) in [5.74, 6) is -0.371. The lowest BCUT2D eigenvalue weighted by atomic mass is 10.0. The average molecular weight is 239 g/mol. The molecule has 1 aliphatic heterocycles. The van der Waals surface area contributed by atoms with E-state index in [-0.39, 0.29) is 24.3 Å². The van der Waals surface area contributed by atoms with Gasteiger partial charge in [-0.25, -0.2) is 4.39 Å². The number of carbonyl (C=O) groups is 1. The van der Waals surface area contributed by atoms with Crippen LogP contribution in [0.4, 0.5) is 4.39 Å². The van der Waals surface area contributed by atoms with Gasteiger partial charge in [0, 0.05) is 19.1 Å². The minimum atomic E-state index is -0.395. The number of nitrogens with one attached hydrogen (secondary N) is 1. The van der Waals surface area contributed by atoms with E-state index in [4.69, 9.17) is 9.47 Å². The zero-order valence-corrected chi connectivity index (χ0v) is 9.53. The predicted octanol–water partition coefficient (Wildman–Crippen LogP) is 1.41. The number of ether oxygens (including phenoxy) is 2. The van der Waals surface area contributed by atoms with Crippen LogP contribution in [0, 0.1) is 5.82 Å². The van der Waals surface area contributed by atoms with Gasteiger partial charge in [-0.2, -0.15) is 0 Å². The summed E-state index contributed by atoms with van der Waals surface area (Å²) in [5.41, 5.74) is 0.681. The van der Waals surface area contributed by atoms with Crippen molar-refractivity contribution >= 4 is 5.91 Å². The Morgan fingerprint density at radius 2 is 2.47 bits per heavy atom. The summed E-state index contributed by atoms with van der Waals surface area (Å²) in [6, 6.07) is 4.50. The second kappa shape index (κ2) is 5.14. The minimum Gasteiger partial charge on any atom is -0.490 e. The Morgan fingerprint density at radius 1 is 1.65 bits per heavy atom. The number of hydrogen-bond acceptors (Lipinski definition) is 3. The van der Waals surface area contributed by atoms with Crippen LogP contribution in [0.5, 0.6) is 5.75 Å². The summed E-state index contributed by atoms with van der Waals surface area (Å²) in [4.78, 5) is 11.4. The first kappa shape index (κ1) is 11.9. The van der Waals surface area contributed by atoms with Gasteiger partial charge < -0.3 is 14.8 Å². The predicted molar refractivity (Wildman–Crippen MR) is 59.3 cm³/mol. The summed E-state index contributed by atoms with van der Waals surface area (Å²) in [6.07, 6.45) is 0.631. The number of methoxy groups -OCH3 is 1. The van der Waals surface area contributed by atoms with Crippen LogP contribution >= 0.6 is 0 Å². The zero-order valence-electron chi connectivity index (χ0n) is 9.53. The van der Waals surface area contributed by atoms with Crippen molar-refractivity contribution in [2.45, 2.75) is 12.5 Å². The van der Waals surface area contributed by atoms with Crippen LogP contribution in [-0.2, 0) is 9.53 Å². The number of hydrogen-bond donors (Lipinski definition) is 1. The van der Waals surface area contributed by atoms with Gasteiger partial charge in [0.05, 0.1) is 12.6 Å². The van der Waals surface area contributed by atoms with E-state index in [1.54, 1.807) is 12.1 Å². The maximum Gasteiger partial charge on any atom is 0.246 e. The molecule has 1 aromatic rings.